The van der Waals surface area contributed by atoms with Gasteiger partial charge in [0, 0.05) is 51.4 Å². The Morgan fingerprint density at radius 1 is 1.03 bits per heavy atom. The van der Waals surface area contributed by atoms with Gasteiger partial charge in [0.15, 0.2) is 0 Å². The molecule has 2 saturated heterocycles. The first-order valence-electron chi connectivity index (χ1n) is 12.5. The normalized spacial score (nSPS) is 21.2. The first-order chi connectivity index (χ1) is 16.1. The van der Waals surface area contributed by atoms with E-state index in [1.165, 1.54) is 55.6 Å². The zero-order chi connectivity index (χ0) is 22.8. The Bertz CT molecular complexity index is 985. The van der Waals surface area contributed by atoms with Crippen LogP contribution >= 0.6 is 0 Å². The molecule has 33 heavy (non-hydrogen) atoms. The average molecular weight is 449 g/mol. The lowest BCUT2D eigenvalue weighted by Gasteiger charge is -2.36. The van der Waals surface area contributed by atoms with Crippen LogP contribution in [0.2, 0.25) is 0 Å². The largest absolute Gasteiger partial charge is 0.373 e. The van der Waals surface area contributed by atoms with Gasteiger partial charge >= 0.3 is 0 Å². The van der Waals surface area contributed by atoms with Gasteiger partial charge in [-0.2, -0.15) is 0 Å². The van der Waals surface area contributed by atoms with E-state index in [-0.39, 0.29) is 11.9 Å². The predicted molar refractivity (Wildman–Crippen MR) is 131 cm³/mol. The molecule has 7 heteroatoms. The lowest BCUT2D eigenvalue weighted by atomic mass is 9.99. The molecular weight excluding hydrogens is 412 g/mol. The highest BCUT2D eigenvalue weighted by molar-refractivity contribution is 5.73. The van der Waals surface area contributed by atoms with Crippen molar-refractivity contribution in [1.29, 1.82) is 0 Å². The molecule has 5 rings (SSSR count). The Kier molecular flexibility index (Phi) is 6.49. The Balaban J connectivity index is 1.37. The van der Waals surface area contributed by atoms with E-state index in [9.17, 15) is 4.79 Å². The summed E-state index contributed by atoms with van der Waals surface area (Å²) in [7, 11) is 1.93. The minimum Gasteiger partial charge on any atom is -0.373 e. The Labute approximate surface area is 197 Å². The SMILES string of the molecule is CNc1nc([C@H]2CCCCN2Cc2ccc(N3CCCC3)cc2)nc2c1CCN(C(C)=O)C2. The van der Waals surface area contributed by atoms with Crippen molar-refractivity contribution < 1.29 is 4.79 Å². The van der Waals surface area contributed by atoms with Crippen LogP contribution in [0.5, 0.6) is 0 Å². The summed E-state index contributed by atoms with van der Waals surface area (Å²) in [5, 5.41) is 3.30. The van der Waals surface area contributed by atoms with E-state index in [1.807, 2.05) is 11.9 Å². The molecule has 0 spiro atoms. The molecular formula is C26H36N6O. The summed E-state index contributed by atoms with van der Waals surface area (Å²) < 4.78 is 0. The van der Waals surface area contributed by atoms with E-state index in [4.69, 9.17) is 9.97 Å². The van der Waals surface area contributed by atoms with Gasteiger partial charge in [-0.05, 0) is 56.3 Å². The molecule has 2 fully saturated rings. The smallest absolute Gasteiger partial charge is 0.219 e. The molecule has 0 saturated carbocycles. The highest BCUT2D eigenvalue weighted by Gasteiger charge is 2.30. The second kappa shape index (κ2) is 9.67. The van der Waals surface area contributed by atoms with Gasteiger partial charge in [0.25, 0.3) is 0 Å². The van der Waals surface area contributed by atoms with Gasteiger partial charge in [-0.1, -0.05) is 18.6 Å². The molecule has 1 aromatic heterocycles. The number of amides is 1. The van der Waals surface area contributed by atoms with Crippen LogP contribution < -0.4 is 10.2 Å². The summed E-state index contributed by atoms with van der Waals surface area (Å²) >= 11 is 0. The maximum absolute atomic E-state index is 12.0. The average Bonchev–Trinajstić information content (AvgIpc) is 3.39. The van der Waals surface area contributed by atoms with E-state index in [1.54, 1.807) is 6.92 Å². The predicted octanol–water partition coefficient (Wildman–Crippen LogP) is 3.75. The van der Waals surface area contributed by atoms with Crippen molar-refractivity contribution in [3.8, 4) is 0 Å². The van der Waals surface area contributed by atoms with Crippen LogP contribution in [0, 0.1) is 0 Å². The minimum atomic E-state index is 0.114. The molecule has 3 aliphatic rings. The monoisotopic (exact) mass is 448 g/mol. The van der Waals surface area contributed by atoms with Crippen molar-refractivity contribution in [2.45, 2.75) is 64.6 Å². The van der Waals surface area contributed by atoms with E-state index >= 15 is 0 Å². The molecule has 0 aliphatic carbocycles. The van der Waals surface area contributed by atoms with Crippen LogP contribution in [-0.2, 0) is 24.3 Å². The topological polar surface area (TPSA) is 64.6 Å². The first-order valence-corrected chi connectivity index (χ1v) is 12.5. The molecule has 3 aliphatic heterocycles. The standard InChI is InChI=1S/C26H36N6O/c1-19(33)31-16-12-22-23(18-31)28-26(29-25(22)27-2)24-7-3-4-15-32(24)17-20-8-10-21(11-9-20)30-13-5-6-14-30/h8-11,24H,3-7,12-18H2,1-2H3,(H,27,28,29)/t24-/m1/s1. The number of rotatable bonds is 5. The second-order valence-corrected chi connectivity index (χ2v) is 9.64. The number of hydrogen-bond acceptors (Lipinski definition) is 6. The zero-order valence-electron chi connectivity index (χ0n) is 20.0. The molecule has 0 bridgehead atoms. The Morgan fingerprint density at radius 2 is 1.79 bits per heavy atom. The van der Waals surface area contributed by atoms with Crippen LogP contribution in [0.25, 0.3) is 0 Å². The fourth-order valence-electron chi connectivity index (χ4n) is 5.57. The molecule has 1 amide bonds. The summed E-state index contributed by atoms with van der Waals surface area (Å²) in [6.45, 7) is 7.30. The van der Waals surface area contributed by atoms with Crippen LogP contribution in [0.15, 0.2) is 24.3 Å². The zero-order valence-corrected chi connectivity index (χ0v) is 20.0. The second-order valence-electron chi connectivity index (χ2n) is 9.64. The number of fused-ring (bicyclic) bond motifs is 1. The maximum atomic E-state index is 12.0. The maximum Gasteiger partial charge on any atom is 0.219 e. The molecule has 176 valence electrons. The number of anilines is 2. The summed E-state index contributed by atoms with van der Waals surface area (Å²) in [5.74, 6) is 1.94. The van der Waals surface area contributed by atoms with Crippen molar-refractivity contribution in [2.24, 2.45) is 0 Å². The van der Waals surface area contributed by atoms with Crippen LogP contribution in [0.3, 0.4) is 0 Å². The lowest BCUT2D eigenvalue weighted by molar-refractivity contribution is -0.129. The lowest BCUT2D eigenvalue weighted by Crippen LogP contribution is -2.37. The summed E-state index contributed by atoms with van der Waals surface area (Å²) in [6, 6.07) is 9.35. The third-order valence-corrected chi connectivity index (χ3v) is 7.47. The minimum absolute atomic E-state index is 0.114. The van der Waals surface area contributed by atoms with Crippen molar-refractivity contribution in [3.05, 3.63) is 46.9 Å². The number of likely N-dealkylation sites (tertiary alicyclic amines) is 1. The number of aromatic nitrogens is 2. The van der Waals surface area contributed by atoms with Gasteiger partial charge in [0.2, 0.25) is 5.91 Å². The highest BCUT2D eigenvalue weighted by Crippen LogP contribution is 2.33. The van der Waals surface area contributed by atoms with Crippen molar-refractivity contribution >= 4 is 17.4 Å². The first kappa shape index (κ1) is 22.1. The molecule has 7 nitrogen and oxygen atoms in total. The van der Waals surface area contributed by atoms with Crippen molar-refractivity contribution in [3.63, 3.8) is 0 Å². The van der Waals surface area contributed by atoms with Crippen molar-refractivity contribution in [1.82, 2.24) is 19.8 Å². The summed E-state index contributed by atoms with van der Waals surface area (Å²) in [6.07, 6.45) is 6.90. The third-order valence-electron chi connectivity index (χ3n) is 7.47. The van der Waals surface area contributed by atoms with Gasteiger partial charge in [0.1, 0.15) is 11.6 Å². The fourth-order valence-corrected chi connectivity index (χ4v) is 5.57. The van der Waals surface area contributed by atoms with Gasteiger partial charge < -0.3 is 15.1 Å². The highest BCUT2D eigenvalue weighted by atomic mass is 16.2. The molecule has 1 atom stereocenters. The Morgan fingerprint density at radius 3 is 2.52 bits per heavy atom. The number of carbonyl (C=O) groups excluding carboxylic acids is 1. The summed E-state index contributed by atoms with van der Waals surface area (Å²) in [4.78, 5) is 28.9. The number of carbonyl (C=O) groups is 1. The summed E-state index contributed by atoms with van der Waals surface area (Å²) in [5.41, 5.74) is 4.86. The number of hydrogen-bond donors (Lipinski definition) is 1. The van der Waals surface area contributed by atoms with Crippen LogP contribution in [0.1, 0.15) is 67.7 Å². The quantitative estimate of drug-likeness (QED) is 0.752. The van der Waals surface area contributed by atoms with Crippen LogP contribution in [0.4, 0.5) is 11.5 Å². The van der Waals surface area contributed by atoms with E-state index < -0.39 is 0 Å². The van der Waals surface area contributed by atoms with Gasteiger partial charge in [-0.3, -0.25) is 9.69 Å². The number of piperidine rings is 1. The molecule has 1 aromatic carbocycles. The number of benzene rings is 1. The van der Waals surface area contributed by atoms with Gasteiger partial charge in [-0.25, -0.2) is 9.97 Å². The van der Waals surface area contributed by atoms with E-state index in [2.05, 4.69) is 39.4 Å². The molecule has 1 N–H and O–H groups in total. The fraction of sp³-hybridized carbons (Fsp3) is 0.577. The number of nitrogens with one attached hydrogen (secondary N) is 1. The molecule has 2 aromatic rings. The third kappa shape index (κ3) is 4.69. The van der Waals surface area contributed by atoms with E-state index in [0.717, 1.165) is 49.8 Å². The van der Waals surface area contributed by atoms with Gasteiger partial charge in [-0.15, -0.1) is 0 Å². The van der Waals surface area contributed by atoms with Crippen molar-refractivity contribution in [2.75, 3.05) is 43.4 Å². The number of nitrogens with zero attached hydrogens (tertiary/aromatic N) is 5. The molecule has 4 heterocycles. The van der Waals surface area contributed by atoms with Crippen LogP contribution in [-0.4, -0.2) is 58.9 Å². The van der Waals surface area contributed by atoms with E-state index in [0.29, 0.717) is 6.54 Å². The molecule has 0 unspecified atom stereocenters. The molecule has 0 radical (unpaired) electrons. The van der Waals surface area contributed by atoms with Gasteiger partial charge in [0.05, 0.1) is 18.3 Å². The Hall–Kier alpha value is -2.67.